The van der Waals surface area contributed by atoms with Crippen LogP contribution in [0.25, 0.3) is 0 Å². The molecule has 1 saturated carbocycles. The Morgan fingerprint density at radius 2 is 2.00 bits per heavy atom. The maximum Gasteiger partial charge on any atom is 0.262 e. The highest BCUT2D eigenvalue weighted by Crippen LogP contribution is 2.32. The minimum atomic E-state index is -3.69. The summed E-state index contributed by atoms with van der Waals surface area (Å²) in [7, 11) is -1.91. The molecule has 1 unspecified atom stereocenters. The molecule has 8 heteroatoms. The predicted molar refractivity (Wildman–Crippen MR) is 101 cm³/mol. The molecule has 1 N–H and O–H groups in total. The van der Waals surface area contributed by atoms with Crippen molar-refractivity contribution in [2.75, 3.05) is 19.0 Å². The predicted octanol–water partition coefficient (Wildman–Crippen LogP) is 2.36. The fraction of sp³-hybridized carbons (Fsp3) is 0.579. The number of benzene rings is 1. The van der Waals surface area contributed by atoms with Crippen LogP contribution >= 0.6 is 0 Å². The van der Waals surface area contributed by atoms with E-state index in [9.17, 15) is 18.0 Å². The minimum Gasteiger partial charge on any atom is -0.482 e. The van der Waals surface area contributed by atoms with Gasteiger partial charge in [0.25, 0.3) is 5.91 Å². The van der Waals surface area contributed by atoms with E-state index in [1.165, 1.54) is 24.6 Å². The summed E-state index contributed by atoms with van der Waals surface area (Å²) in [5.41, 5.74) is 0.450. The summed E-state index contributed by atoms with van der Waals surface area (Å²) >= 11 is 0. The molecule has 3 rings (SSSR count). The second kappa shape index (κ2) is 7.88. The Labute approximate surface area is 160 Å². The molecule has 0 bridgehead atoms. The van der Waals surface area contributed by atoms with Crippen molar-refractivity contribution in [3.8, 4) is 5.75 Å². The first kappa shape index (κ1) is 19.7. The molecular formula is C19H26N2O5S. The highest BCUT2D eigenvalue weighted by atomic mass is 32.2. The zero-order valence-corrected chi connectivity index (χ0v) is 16.5. The monoisotopic (exact) mass is 394 g/mol. The Kier molecular flexibility index (Phi) is 5.74. The van der Waals surface area contributed by atoms with Gasteiger partial charge < -0.3 is 15.0 Å². The van der Waals surface area contributed by atoms with Crippen LogP contribution in [0.1, 0.15) is 45.4 Å². The maximum atomic E-state index is 12.9. The second-order valence-electron chi connectivity index (χ2n) is 7.35. The molecule has 2 amide bonds. The van der Waals surface area contributed by atoms with E-state index in [2.05, 4.69) is 5.32 Å². The SMILES string of the molecule is CC(CC(=O)N(C)C1CCCCC1)S(=O)(=O)c1ccc2c(c1)OCC(=O)N2. The van der Waals surface area contributed by atoms with E-state index in [0.717, 1.165) is 25.7 Å². The van der Waals surface area contributed by atoms with E-state index in [0.29, 0.717) is 11.4 Å². The van der Waals surface area contributed by atoms with Gasteiger partial charge >= 0.3 is 0 Å². The molecule has 0 saturated heterocycles. The Morgan fingerprint density at radius 1 is 1.30 bits per heavy atom. The lowest BCUT2D eigenvalue weighted by Gasteiger charge is -2.32. The van der Waals surface area contributed by atoms with Crippen molar-refractivity contribution in [3.05, 3.63) is 18.2 Å². The lowest BCUT2D eigenvalue weighted by atomic mass is 9.94. The average Bonchev–Trinajstić information content (AvgIpc) is 2.67. The summed E-state index contributed by atoms with van der Waals surface area (Å²) in [5.74, 6) is -0.0872. The molecule has 0 aromatic heterocycles. The van der Waals surface area contributed by atoms with Crippen molar-refractivity contribution in [2.24, 2.45) is 0 Å². The first-order valence-corrected chi connectivity index (χ1v) is 10.9. The van der Waals surface area contributed by atoms with Gasteiger partial charge in [-0.25, -0.2) is 8.42 Å². The van der Waals surface area contributed by atoms with Crippen LogP contribution in [0.3, 0.4) is 0 Å². The van der Waals surface area contributed by atoms with E-state index in [1.54, 1.807) is 18.9 Å². The highest BCUT2D eigenvalue weighted by molar-refractivity contribution is 7.92. The molecule has 1 aliphatic heterocycles. The lowest BCUT2D eigenvalue weighted by Crippen LogP contribution is -2.40. The molecule has 0 radical (unpaired) electrons. The third-order valence-corrected chi connectivity index (χ3v) is 7.56. The third kappa shape index (κ3) is 4.26. The molecule has 0 spiro atoms. The van der Waals surface area contributed by atoms with Gasteiger partial charge in [-0.2, -0.15) is 0 Å². The summed E-state index contributed by atoms with van der Waals surface area (Å²) in [4.78, 5) is 25.7. The van der Waals surface area contributed by atoms with Crippen LogP contribution in [-0.4, -0.2) is 50.1 Å². The largest absolute Gasteiger partial charge is 0.482 e. The standard InChI is InChI=1S/C19H26N2O5S/c1-13(10-19(23)21(2)14-6-4-3-5-7-14)27(24,25)15-8-9-16-17(11-15)26-12-18(22)20-16/h8-9,11,13-14H,3-7,10,12H2,1-2H3,(H,20,22). The fourth-order valence-electron chi connectivity index (χ4n) is 3.64. The van der Waals surface area contributed by atoms with Gasteiger partial charge in [-0.3, -0.25) is 9.59 Å². The lowest BCUT2D eigenvalue weighted by molar-refractivity contribution is -0.132. The van der Waals surface area contributed by atoms with Crippen molar-refractivity contribution in [1.29, 1.82) is 0 Å². The molecule has 7 nitrogen and oxygen atoms in total. The average molecular weight is 394 g/mol. The Hall–Kier alpha value is -2.09. The molecule has 1 atom stereocenters. The number of nitrogens with one attached hydrogen (secondary N) is 1. The number of carbonyl (C=O) groups excluding carboxylic acids is 2. The first-order valence-electron chi connectivity index (χ1n) is 9.35. The molecule has 1 aromatic carbocycles. The van der Waals surface area contributed by atoms with Crippen LogP contribution in [0, 0.1) is 0 Å². The number of sulfone groups is 1. The van der Waals surface area contributed by atoms with Crippen LogP contribution in [-0.2, 0) is 19.4 Å². The van der Waals surface area contributed by atoms with Gasteiger partial charge in [-0.1, -0.05) is 19.3 Å². The van der Waals surface area contributed by atoms with Gasteiger partial charge in [0.2, 0.25) is 5.91 Å². The first-order chi connectivity index (χ1) is 12.8. The van der Waals surface area contributed by atoms with E-state index in [1.807, 2.05) is 0 Å². The molecular weight excluding hydrogens is 368 g/mol. The van der Waals surface area contributed by atoms with Crippen molar-refractivity contribution in [2.45, 2.75) is 61.6 Å². The molecule has 1 aromatic rings. The molecule has 1 heterocycles. The number of hydrogen-bond donors (Lipinski definition) is 1. The smallest absolute Gasteiger partial charge is 0.262 e. The topological polar surface area (TPSA) is 92.8 Å². The van der Waals surface area contributed by atoms with E-state index >= 15 is 0 Å². The second-order valence-corrected chi connectivity index (χ2v) is 9.72. The summed E-state index contributed by atoms with van der Waals surface area (Å²) < 4.78 is 31.1. The number of ether oxygens (including phenoxy) is 1. The molecule has 148 valence electrons. The van der Waals surface area contributed by atoms with Crippen molar-refractivity contribution in [3.63, 3.8) is 0 Å². The van der Waals surface area contributed by atoms with Crippen LogP contribution in [0.5, 0.6) is 5.75 Å². The Balaban J connectivity index is 1.70. The number of carbonyl (C=O) groups is 2. The molecule has 27 heavy (non-hydrogen) atoms. The number of hydrogen-bond acceptors (Lipinski definition) is 5. The summed E-state index contributed by atoms with van der Waals surface area (Å²) in [6.45, 7) is 1.42. The third-order valence-electron chi connectivity index (χ3n) is 5.42. The number of fused-ring (bicyclic) bond motifs is 1. The number of anilines is 1. The summed E-state index contributed by atoms with van der Waals surface area (Å²) in [6.07, 6.45) is 5.34. The van der Waals surface area contributed by atoms with Gasteiger partial charge in [0.1, 0.15) is 5.75 Å². The van der Waals surface area contributed by atoms with Crippen molar-refractivity contribution >= 4 is 27.3 Å². The molecule has 2 aliphatic rings. The highest BCUT2D eigenvalue weighted by Gasteiger charge is 2.30. The maximum absolute atomic E-state index is 12.9. The quantitative estimate of drug-likeness (QED) is 0.828. The van der Waals surface area contributed by atoms with Crippen LogP contribution in [0.4, 0.5) is 5.69 Å². The fourth-order valence-corrected chi connectivity index (χ4v) is 4.99. The van der Waals surface area contributed by atoms with Gasteiger partial charge in [0.15, 0.2) is 16.4 Å². The van der Waals surface area contributed by atoms with E-state index in [-0.39, 0.29) is 35.8 Å². The van der Waals surface area contributed by atoms with Gasteiger partial charge in [0, 0.05) is 25.6 Å². The van der Waals surface area contributed by atoms with Crippen LogP contribution < -0.4 is 10.1 Å². The van der Waals surface area contributed by atoms with Gasteiger partial charge in [0.05, 0.1) is 15.8 Å². The zero-order valence-electron chi connectivity index (χ0n) is 15.7. The van der Waals surface area contributed by atoms with Gasteiger partial charge in [-0.05, 0) is 31.9 Å². The summed E-state index contributed by atoms with van der Waals surface area (Å²) in [6, 6.07) is 4.58. The number of nitrogens with zero attached hydrogens (tertiary/aromatic N) is 1. The minimum absolute atomic E-state index is 0.0516. The zero-order chi connectivity index (χ0) is 19.6. The van der Waals surface area contributed by atoms with Crippen molar-refractivity contribution in [1.82, 2.24) is 4.90 Å². The van der Waals surface area contributed by atoms with E-state index in [4.69, 9.17) is 4.74 Å². The Morgan fingerprint density at radius 3 is 2.70 bits per heavy atom. The summed E-state index contributed by atoms with van der Waals surface area (Å²) in [5, 5.41) is 1.79. The normalized spacial score (nSPS) is 18.8. The molecule has 1 fully saturated rings. The van der Waals surface area contributed by atoms with Crippen LogP contribution in [0.2, 0.25) is 0 Å². The number of amides is 2. The van der Waals surface area contributed by atoms with Crippen molar-refractivity contribution < 1.29 is 22.7 Å². The molecule has 1 aliphatic carbocycles. The van der Waals surface area contributed by atoms with Gasteiger partial charge in [-0.15, -0.1) is 0 Å². The van der Waals surface area contributed by atoms with Crippen LogP contribution in [0.15, 0.2) is 23.1 Å². The van der Waals surface area contributed by atoms with E-state index < -0.39 is 15.1 Å². The number of rotatable bonds is 5. The Bertz CT molecular complexity index is 831.